The van der Waals surface area contributed by atoms with Gasteiger partial charge in [-0.1, -0.05) is 54.1 Å². The predicted molar refractivity (Wildman–Crippen MR) is 121 cm³/mol. The highest BCUT2D eigenvalue weighted by atomic mass is 16.5. The minimum atomic E-state index is -0.404. The van der Waals surface area contributed by atoms with E-state index in [4.69, 9.17) is 4.74 Å². The standard InChI is InChI=1S/C26H25NO3/c1-17-10-13-22(14-11-17)27-25(20-8-6-5-7-9-20)24(19(3)28)23-15-12-21(16-18(23)2)26(29)30-4/h5-16,27H,1-4H3/b25-24+. The van der Waals surface area contributed by atoms with Gasteiger partial charge in [-0.25, -0.2) is 4.79 Å². The fraction of sp³-hybridized carbons (Fsp3) is 0.154. The molecule has 0 aromatic heterocycles. The van der Waals surface area contributed by atoms with Crippen LogP contribution in [0.25, 0.3) is 11.3 Å². The maximum Gasteiger partial charge on any atom is 0.337 e. The Hall–Kier alpha value is -3.66. The molecule has 0 spiro atoms. The SMILES string of the molecule is COC(=O)c1ccc(/C(C(C)=O)=C(/Nc2ccc(C)cc2)c2ccccc2)c(C)c1. The number of hydrogen-bond acceptors (Lipinski definition) is 4. The predicted octanol–water partition coefficient (Wildman–Crippen LogP) is 5.66. The van der Waals surface area contributed by atoms with Gasteiger partial charge in [0.05, 0.1) is 18.4 Å². The van der Waals surface area contributed by atoms with Crippen molar-refractivity contribution in [2.45, 2.75) is 20.8 Å². The number of carbonyl (C=O) groups is 2. The number of rotatable bonds is 6. The Morgan fingerprint density at radius 1 is 0.833 bits per heavy atom. The lowest BCUT2D eigenvalue weighted by atomic mass is 9.92. The van der Waals surface area contributed by atoms with Gasteiger partial charge in [0.2, 0.25) is 0 Å². The van der Waals surface area contributed by atoms with Gasteiger partial charge in [0.15, 0.2) is 5.78 Å². The van der Waals surface area contributed by atoms with Gasteiger partial charge in [0, 0.05) is 11.3 Å². The van der Waals surface area contributed by atoms with Crippen molar-refractivity contribution < 1.29 is 14.3 Å². The topological polar surface area (TPSA) is 55.4 Å². The molecule has 3 aromatic rings. The summed E-state index contributed by atoms with van der Waals surface area (Å²) in [5.41, 5.74) is 6.29. The van der Waals surface area contributed by atoms with E-state index in [9.17, 15) is 9.59 Å². The highest BCUT2D eigenvalue weighted by molar-refractivity contribution is 6.28. The van der Waals surface area contributed by atoms with E-state index in [0.717, 1.165) is 33.6 Å². The molecule has 4 heteroatoms. The molecule has 0 aliphatic rings. The van der Waals surface area contributed by atoms with Crippen LogP contribution < -0.4 is 5.32 Å². The van der Waals surface area contributed by atoms with Gasteiger partial charge >= 0.3 is 5.97 Å². The van der Waals surface area contributed by atoms with Gasteiger partial charge < -0.3 is 10.1 Å². The highest BCUT2D eigenvalue weighted by Gasteiger charge is 2.19. The summed E-state index contributed by atoms with van der Waals surface area (Å²) in [6.45, 7) is 5.48. The van der Waals surface area contributed by atoms with E-state index in [1.165, 1.54) is 7.11 Å². The van der Waals surface area contributed by atoms with Gasteiger partial charge in [-0.3, -0.25) is 4.79 Å². The first-order chi connectivity index (χ1) is 14.4. The van der Waals surface area contributed by atoms with E-state index < -0.39 is 5.97 Å². The van der Waals surface area contributed by atoms with Gasteiger partial charge in [-0.05, 0) is 61.7 Å². The molecule has 0 aliphatic heterocycles. The molecule has 0 fully saturated rings. The second kappa shape index (κ2) is 9.23. The van der Waals surface area contributed by atoms with Crippen LogP contribution in [0.5, 0.6) is 0 Å². The van der Waals surface area contributed by atoms with Crippen molar-refractivity contribution in [2.75, 3.05) is 12.4 Å². The average molecular weight is 399 g/mol. The number of allylic oxidation sites excluding steroid dienone is 1. The molecule has 152 valence electrons. The molecule has 0 saturated heterocycles. The van der Waals surface area contributed by atoms with E-state index in [1.54, 1.807) is 25.1 Å². The number of benzene rings is 3. The lowest BCUT2D eigenvalue weighted by Crippen LogP contribution is -2.10. The molecular weight excluding hydrogens is 374 g/mol. The number of aryl methyl sites for hydroxylation is 2. The van der Waals surface area contributed by atoms with Crippen molar-refractivity contribution in [2.24, 2.45) is 0 Å². The largest absolute Gasteiger partial charge is 0.465 e. The van der Waals surface area contributed by atoms with Gasteiger partial charge in [-0.15, -0.1) is 0 Å². The number of Topliss-reactive ketones (excluding diaryl/α,β-unsaturated/α-hetero) is 1. The number of methoxy groups -OCH3 is 1. The van der Waals surface area contributed by atoms with Crippen molar-refractivity contribution in [3.8, 4) is 0 Å². The Kier molecular flexibility index (Phi) is 6.48. The number of ether oxygens (including phenoxy) is 1. The number of anilines is 1. The first-order valence-corrected chi connectivity index (χ1v) is 9.74. The van der Waals surface area contributed by atoms with Crippen molar-refractivity contribution >= 4 is 28.7 Å². The number of esters is 1. The monoisotopic (exact) mass is 399 g/mol. The smallest absolute Gasteiger partial charge is 0.337 e. The third-order valence-electron chi connectivity index (χ3n) is 4.90. The molecule has 0 amide bonds. The second-order valence-corrected chi connectivity index (χ2v) is 7.18. The Morgan fingerprint density at radius 2 is 1.50 bits per heavy atom. The van der Waals surface area contributed by atoms with Crippen LogP contribution in [0.1, 0.15) is 39.5 Å². The molecule has 4 nitrogen and oxygen atoms in total. The van der Waals surface area contributed by atoms with Crippen LogP contribution in [0.15, 0.2) is 72.8 Å². The highest BCUT2D eigenvalue weighted by Crippen LogP contribution is 2.31. The Labute approximate surface area is 177 Å². The van der Waals surface area contributed by atoms with Gasteiger partial charge in [0.25, 0.3) is 0 Å². The lowest BCUT2D eigenvalue weighted by molar-refractivity contribution is -0.111. The van der Waals surface area contributed by atoms with Crippen LogP contribution in [-0.2, 0) is 9.53 Å². The molecule has 1 N–H and O–H groups in total. The van der Waals surface area contributed by atoms with Crippen molar-refractivity contribution in [3.05, 3.63) is 101 Å². The molecule has 0 unspecified atom stereocenters. The molecule has 30 heavy (non-hydrogen) atoms. The maximum atomic E-state index is 12.8. The molecule has 3 aromatic carbocycles. The molecule has 3 rings (SSSR count). The number of nitrogens with one attached hydrogen (secondary N) is 1. The van der Waals surface area contributed by atoms with Crippen LogP contribution >= 0.6 is 0 Å². The van der Waals surface area contributed by atoms with Crippen molar-refractivity contribution in [1.29, 1.82) is 0 Å². The number of ketones is 1. The van der Waals surface area contributed by atoms with Crippen LogP contribution in [-0.4, -0.2) is 18.9 Å². The van der Waals surface area contributed by atoms with E-state index in [2.05, 4.69) is 5.32 Å². The van der Waals surface area contributed by atoms with Crippen LogP contribution in [0.2, 0.25) is 0 Å². The van der Waals surface area contributed by atoms with E-state index in [0.29, 0.717) is 11.1 Å². The summed E-state index contributed by atoms with van der Waals surface area (Å²) in [7, 11) is 1.35. The van der Waals surface area contributed by atoms with Crippen LogP contribution in [0, 0.1) is 13.8 Å². The second-order valence-electron chi connectivity index (χ2n) is 7.18. The van der Waals surface area contributed by atoms with Crippen molar-refractivity contribution in [1.82, 2.24) is 0 Å². The summed E-state index contributed by atoms with van der Waals surface area (Å²) in [6, 6.07) is 23.0. The van der Waals surface area contributed by atoms with Crippen LogP contribution in [0.3, 0.4) is 0 Å². The zero-order valence-corrected chi connectivity index (χ0v) is 17.7. The summed E-state index contributed by atoms with van der Waals surface area (Å²) < 4.78 is 4.81. The molecule has 0 heterocycles. The maximum absolute atomic E-state index is 12.8. The molecule has 0 aliphatic carbocycles. The minimum Gasteiger partial charge on any atom is -0.465 e. The number of hydrogen-bond donors (Lipinski definition) is 1. The first kappa shape index (κ1) is 21.1. The quantitative estimate of drug-likeness (QED) is 0.330. The molecule has 0 atom stereocenters. The fourth-order valence-corrected chi connectivity index (χ4v) is 3.35. The van der Waals surface area contributed by atoms with E-state index in [-0.39, 0.29) is 5.78 Å². The summed E-state index contributed by atoms with van der Waals surface area (Å²) >= 11 is 0. The van der Waals surface area contributed by atoms with E-state index in [1.807, 2.05) is 68.4 Å². The average Bonchev–Trinajstić information content (AvgIpc) is 2.75. The minimum absolute atomic E-state index is 0.0672. The summed E-state index contributed by atoms with van der Waals surface area (Å²) in [5, 5.41) is 3.45. The van der Waals surface area contributed by atoms with Gasteiger partial charge in [-0.2, -0.15) is 0 Å². The lowest BCUT2D eigenvalue weighted by Gasteiger charge is -2.18. The fourth-order valence-electron chi connectivity index (χ4n) is 3.35. The molecular formula is C26H25NO3. The third kappa shape index (κ3) is 4.66. The van der Waals surface area contributed by atoms with E-state index >= 15 is 0 Å². The number of carbonyl (C=O) groups excluding carboxylic acids is 2. The normalized spacial score (nSPS) is 11.5. The zero-order chi connectivity index (χ0) is 21.7. The third-order valence-corrected chi connectivity index (χ3v) is 4.90. The Morgan fingerprint density at radius 3 is 2.07 bits per heavy atom. The molecule has 0 radical (unpaired) electrons. The Bertz CT molecular complexity index is 1100. The first-order valence-electron chi connectivity index (χ1n) is 9.74. The molecule has 0 saturated carbocycles. The van der Waals surface area contributed by atoms with Gasteiger partial charge in [0.1, 0.15) is 0 Å². The molecule has 0 bridgehead atoms. The summed E-state index contributed by atoms with van der Waals surface area (Å²) in [4.78, 5) is 24.7. The summed E-state index contributed by atoms with van der Waals surface area (Å²) in [6.07, 6.45) is 0. The van der Waals surface area contributed by atoms with Crippen molar-refractivity contribution in [3.63, 3.8) is 0 Å². The Balaban J connectivity index is 2.21. The van der Waals surface area contributed by atoms with Crippen LogP contribution in [0.4, 0.5) is 5.69 Å². The zero-order valence-electron chi connectivity index (χ0n) is 17.7. The summed E-state index contributed by atoms with van der Waals surface area (Å²) in [5.74, 6) is -0.471.